The summed E-state index contributed by atoms with van der Waals surface area (Å²) in [6, 6.07) is 4.85. The van der Waals surface area contributed by atoms with Crippen LogP contribution in [0.15, 0.2) is 22.7 Å². The maximum atomic E-state index is 12.5. The van der Waals surface area contributed by atoms with E-state index in [1.165, 1.54) is 44.7 Å². The normalized spacial score (nSPS) is 19.3. The van der Waals surface area contributed by atoms with Crippen LogP contribution in [0.2, 0.25) is 0 Å². The molecule has 1 aliphatic heterocycles. The topological polar surface area (TPSA) is 73.4 Å². The molecule has 1 aliphatic carbocycles. The molecule has 5 rings (SSSR count). The minimum atomic E-state index is -0.301. The predicted molar refractivity (Wildman–Crippen MR) is 123 cm³/mol. The number of ether oxygens (including phenoxy) is 1. The van der Waals surface area contributed by atoms with Crippen molar-refractivity contribution in [2.24, 2.45) is 0 Å². The number of methoxy groups -OCH3 is 1. The lowest BCUT2D eigenvalue weighted by atomic mass is 9.94. The van der Waals surface area contributed by atoms with E-state index in [2.05, 4.69) is 28.6 Å². The molecule has 0 unspecified atom stereocenters. The second-order valence-corrected chi connectivity index (χ2v) is 9.19. The average molecular weight is 437 g/mol. The molecule has 1 atom stereocenters. The van der Waals surface area contributed by atoms with Crippen LogP contribution in [0.4, 0.5) is 10.5 Å². The highest BCUT2D eigenvalue weighted by Gasteiger charge is 2.32. The highest BCUT2D eigenvalue weighted by atomic mass is 16.5. The van der Waals surface area contributed by atoms with Gasteiger partial charge in [0.2, 0.25) is 0 Å². The third kappa shape index (κ3) is 3.67. The van der Waals surface area contributed by atoms with Gasteiger partial charge in [-0.15, -0.1) is 0 Å². The van der Waals surface area contributed by atoms with Crippen LogP contribution in [0.25, 0.3) is 11.0 Å². The van der Waals surface area contributed by atoms with Crippen LogP contribution in [0, 0.1) is 6.92 Å². The number of carbonyl (C=O) groups excluding carboxylic acids is 1. The number of benzene rings is 1. The zero-order valence-corrected chi connectivity index (χ0v) is 19.3. The van der Waals surface area contributed by atoms with Gasteiger partial charge in [0.1, 0.15) is 11.6 Å². The van der Waals surface area contributed by atoms with Gasteiger partial charge < -0.3 is 13.7 Å². The van der Waals surface area contributed by atoms with Gasteiger partial charge in [-0.1, -0.05) is 19.3 Å². The number of imidazole rings is 1. The zero-order valence-electron chi connectivity index (χ0n) is 19.3. The molecular weight excluding hydrogens is 404 g/mol. The largest absolute Gasteiger partial charge is 0.452 e. The SMILES string of the molecule is COC(=O)N1c2ccc3c(nc(CCc4cnc(C)o4)n3C3CCCCC3)c2CC[C@@H]1C. The first-order valence-corrected chi connectivity index (χ1v) is 11.9. The van der Waals surface area contributed by atoms with Gasteiger partial charge in [0.25, 0.3) is 0 Å². The Kier molecular flexibility index (Phi) is 5.66. The van der Waals surface area contributed by atoms with Crippen LogP contribution >= 0.6 is 0 Å². The van der Waals surface area contributed by atoms with Crippen LogP contribution in [-0.2, 0) is 24.0 Å². The van der Waals surface area contributed by atoms with E-state index in [-0.39, 0.29) is 12.1 Å². The minimum Gasteiger partial charge on any atom is -0.452 e. The molecule has 3 aromatic rings. The van der Waals surface area contributed by atoms with E-state index >= 15 is 0 Å². The maximum absolute atomic E-state index is 12.5. The summed E-state index contributed by atoms with van der Waals surface area (Å²) in [6.07, 6.45) is 11.2. The van der Waals surface area contributed by atoms with E-state index < -0.39 is 0 Å². The first-order chi connectivity index (χ1) is 15.6. The molecular formula is C25H32N4O3. The molecule has 1 fully saturated rings. The highest BCUT2D eigenvalue weighted by molar-refractivity contribution is 5.95. The van der Waals surface area contributed by atoms with Crippen molar-refractivity contribution in [1.82, 2.24) is 14.5 Å². The van der Waals surface area contributed by atoms with Crippen LogP contribution in [0.1, 0.15) is 74.5 Å². The van der Waals surface area contributed by atoms with Crippen LogP contribution < -0.4 is 4.90 Å². The Balaban J connectivity index is 1.59. The average Bonchev–Trinajstić information content (AvgIpc) is 3.40. The smallest absolute Gasteiger partial charge is 0.414 e. The molecule has 0 radical (unpaired) electrons. The maximum Gasteiger partial charge on any atom is 0.414 e. The molecule has 32 heavy (non-hydrogen) atoms. The number of hydrogen-bond donors (Lipinski definition) is 0. The van der Waals surface area contributed by atoms with Crippen LogP contribution in [0.3, 0.4) is 0 Å². The molecule has 7 nitrogen and oxygen atoms in total. The third-order valence-electron chi connectivity index (χ3n) is 7.10. The molecule has 0 spiro atoms. The number of oxazole rings is 1. The number of aromatic nitrogens is 3. The standard InChI is InChI=1S/C25H32N4O3/c1-16-9-11-20-21(28(16)25(30)31-3)12-13-22-24(20)27-23(14-10-19-15-26-17(2)32-19)29(22)18-7-5-4-6-8-18/h12-13,15-16,18H,4-11,14H2,1-3H3/t16-/m0/s1. The molecule has 2 aliphatic rings. The Morgan fingerprint density at radius 2 is 2.00 bits per heavy atom. The van der Waals surface area contributed by atoms with Crippen molar-refractivity contribution < 1.29 is 13.9 Å². The molecule has 0 bridgehead atoms. The summed E-state index contributed by atoms with van der Waals surface area (Å²) in [5.41, 5.74) is 4.34. The Labute approximate surface area is 188 Å². The number of nitrogens with zero attached hydrogens (tertiary/aromatic N) is 4. The minimum absolute atomic E-state index is 0.113. The second-order valence-electron chi connectivity index (χ2n) is 9.19. The fourth-order valence-electron chi connectivity index (χ4n) is 5.50. The van der Waals surface area contributed by atoms with Crippen LogP contribution in [0.5, 0.6) is 0 Å². The van der Waals surface area contributed by atoms with Crippen molar-refractivity contribution in [2.75, 3.05) is 12.0 Å². The first-order valence-electron chi connectivity index (χ1n) is 11.9. The number of anilines is 1. The molecule has 1 aromatic carbocycles. The summed E-state index contributed by atoms with van der Waals surface area (Å²) in [5.74, 6) is 2.71. The highest BCUT2D eigenvalue weighted by Crippen LogP contribution is 2.39. The number of fused-ring (bicyclic) bond motifs is 3. The Morgan fingerprint density at radius 3 is 2.72 bits per heavy atom. The lowest BCUT2D eigenvalue weighted by Crippen LogP contribution is -2.42. The fourth-order valence-corrected chi connectivity index (χ4v) is 5.50. The Hall–Kier alpha value is -2.83. The molecule has 3 heterocycles. The summed E-state index contributed by atoms with van der Waals surface area (Å²) in [4.78, 5) is 23.7. The Bertz CT molecular complexity index is 1130. The summed E-state index contributed by atoms with van der Waals surface area (Å²) >= 11 is 0. The molecule has 1 saturated carbocycles. The lowest BCUT2D eigenvalue weighted by Gasteiger charge is -2.34. The van der Waals surface area contributed by atoms with Gasteiger partial charge in [-0.2, -0.15) is 0 Å². The van der Waals surface area contributed by atoms with Crippen LogP contribution in [-0.4, -0.2) is 33.8 Å². The molecule has 7 heteroatoms. The quantitative estimate of drug-likeness (QED) is 0.538. The second kappa shape index (κ2) is 8.60. The van der Waals surface area contributed by atoms with Crippen molar-refractivity contribution in [2.45, 2.75) is 83.7 Å². The van der Waals surface area contributed by atoms with E-state index in [1.807, 2.05) is 13.1 Å². The van der Waals surface area contributed by atoms with Crippen molar-refractivity contribution in [1.29, 1.82) is 0 Å². The van der Waals surface area contributed by atoms with Gasteiger partial charge in [-0.3, -0.25) is 4.90 Å². The lowest BCUT2D eigenvalue weighted by molar-refractivity contribution is 0.175. The summed E-state index contributed by atoms with van der Waals surface area (Å²) in [6.45, 7) is 3.95. The number of hydrogen-bond acceptors (Lipinski definition) is 5. The van der Waals surface area contributed by atoms with E-state index in [4.69, 9.17) is 14.1 Å². The number of rotatable bonds is 4. The third-order valence-corrected chi connectivity index (χ3v) is 7.10. The first kappa shape index (κ1) is 21.0. The summed E-state index contributed by atoms with van der Waals surface area (Å²) in [7, 11) is 1.45. The van der Waals surface area contributed by atoms with Gasteiger partial charge in [0.15, 0.2) is 5.89 Å². The fraction of sp³-hybridized carbons (Fsp3) is 0.560. The van der Waals surface area contributed by atoms with Gasteiger partial charge >= 0.3 is 6.09 Å². The van der Waals surface area contributed by atoms with E-state index in [0.29, 0.717) is 11.9 Å². The monoisotopic (exact) mass is 436 g/mol. The number of aryl methyl sites for hydroxylation is 4. The molecule has 0 saturated heterocycles. The van der Waals surface area contributed by atoms with Gasteiger partial charge in [-0.05, 0) is 44.7 Å². The number of amides is 1. The molecule has 1 amide bonds. The molecule has 2 aromatic heterocycles. The van der Waals surface area contributed by atoms with Crippen molar-refractivity contribution in [3.05, 3.63) is 41.4 Å². The summed E-state index contributed by atoms with van der Waals surface area (Å²) < 4.78 is 13.3. The Morgan fingerprint density at radius 1 is 1.19 bits per heavy atom. The van der Waals surface area contributed by atoms with E-state index in [0.717, 1.165) is 54.0 Å². The molecule has 170 valence electrons. The van der Waals surface area contributed by atoms with E-state index in [1.54, 1.807) is 4.90 Å². The summed E-state index contributed by atoms with van der Waals surface area (Å²) in [5, 5.41) is 0. The van der Waals surface area contributed by atoms with Crippen molar-refractivity contribution in [3.63, 3.8) is 0 Å². The van der Waals surface area contributed by atoms with E-state index in [9.17, 15) is 4.79 Å². The van der Waals surface area contributed by atoms with Gasteiger partial charge in [0.05, 0.1) is 30.0 Å². The zero-order chi connectivity index (χ0) is 22.2. The van der Waals surface area contributed by atoms with Gasteiger partial charge in [0, 0.05) is 37.4 Å². The predicted octanol–water partition coefficient (Wildman–Crippen LogP) is 5.53. The van der Waals surface area contributed by atoms with Crippen molar-refractivity contribution >= 4 is 22.8 Å². The molecule has 0 N–H and O–H groups in total. The van der Waals surface area contributed by atoms with Gasteiger partial charge in [-0.25, -0.2) is 14.8 Å². The number of carbonyl (C=O) groups is 1. The van der Waals surface area contributed by atoms with Crippen molar-refractivity contribution in [3.8, 4) is 0 Å².